The first-order valence-corrected chi connectivity index (χ1v) is 9.73. The second kappa shape index (κ2) is 9.38. The molecule has 1 heterocycles. The summed E-state index contributed by atoms with van der Waals surface area (Å²) in [4.78, 5) is 22.4. The summed E-state index contributed by atoms with van der Waals surface area (Å²) in [5, 5.41) is 2.90. The van der Waals surface area contributed by atoms with Crippen molar-refractivity contribution in [2.45, 2.75) is 27.2 Å². The van der Waals surface area contributed by atoms with E-state index in [0.29, 0.717) is 17.9 Å². The molecule has 0 atom stereocenters. The van der Waals surface area contributed by atoms with Gasteiger partial charge in [0.05, 0.1) is 19.0 Å². The number of carbonyl (C=O) groups is 1. The van der Waals surface area contributed by atoms with Crippen molar-refractivity contribution in [3.05, 3.63) is 42.2 Å². The molecule has 6 heteroatoms. The van der Waals surface area contributed by atoms with Crippen LogP contribution in [0.4, 0.5) is 5.82 Å². The Hall–Kier alpha value is -2.34. The number of aromatic nitrogens is 2. The number of thioether (sulfide) groups is 1. The van der Waals surface area contributed by atoms with Gasteiger partial charge in [0.25, 0.3) is 0 Å². The minimum Gasteiger partial charge on any atom is -0.497 e. The number of allylic oxidation sites excluding steroid dienone is 1. The van der Waals surface area contributed by atoms with Crippen LogP contribution in [-0.4, -0.2) is 29.2 Å². The third-order valence-corrected chi connectivity index (χ3v) is 4.59. The normalized spacial score (nSPS) is 11.5. The lowest BCUT2D eigenvalue weighted by Gasteiger charge is -2.13. The number of methoxy groups -OCH3 is 1. The maximum atomic E-state index is 12.2. The van der Waals surface area contributed by atoms with Crippen molar-refractivity contribution >= 4 is 28.4 Å². The zero-order valence-electron chi connectivity index (χ0n) is 15.9. The van der Waals surface area contributed by atoms with Gasteiger partial charge in [-0.3, -0.25) is 4.79 Å². The van der Waals surface area contributed by atoms with Crippen molar-refractivity contribution < 1.29 is 9.53 Å². The molecule has 1 aromatic carbocycles. The topological polar surface area (TPSA) is 64.1 Å². The van der Waals surface area contributed by atoms with Crippen molar-refractivity contribution in [3.8, 4) is 17.0 Å². The number of carbonyl (C=O) groups excluding carboxylic acids is 1. The maximum absolute atomic E-state index is 12.2. The Labute approximate surface area is 159 Å². The van der Waals surface area contributed by atoms with Crippen LogP contribution >= 0.6 is 11.8 Å². The number of hydrogen-bond donors (Lipinski definition) is 1. The first-order valence-electron chi connectivity index (χ1n) is 8.50. The summed E-state index contributed by atoms with van der Waals surface area (Å²) in [6.45, 7) is 5.98. The monoisotopic (exact) mass is 371 g/mol. The molecule has 0 bridgehead atoms. The Morgan fingerprint density at radius 2 is 2.00 bits per heavy atom. The van der Waals surface area contributed by atoms with E-state index in [-0.39, 0.29) is 11.8 Å². The fraction of sp³-hybridized carbons (Fsp3) is 0.350. The molecule has 0 aliphatic carbocycles. The van der Waals surface area contributed by atoms with Crippen molar-refractivity contribution in [2.24, 2.45) is 5.92 Å². The number of benzene rings is 1. The highest BCUT2D eigenvalue weighted by atomic mass is 32.2. The van der Waals surface area contributed by atoms with Crippen LogP contribution in [-0.2, 0) is 4.79 Å². The van der Waals surface area contributed by atoms with Crippen LogP contribution in [0.5, 0.6) is 5.75 Å². The minimum absolute atomic E-state index is 0.0516. The van der Waals surface area contributed by atoms with Crippen LogP contribution in [0.3, 0.4) is 0 Å². The Kier molecular flexibility index (Phi) is 7.21. The third-order valence-electron chi connectivity index (χ3n) is 3.73. The predicted molar refractivity (Wildman–Crippen MR) is 109 cm³/mol. The molecule has 0 fully saturated rings. The molecule has 2 aromatic rings. The van der Waals surface area contributed by atoms with Gasteiger partial charge in [0.15, 0.2) is 5.82 Å². The third kappa shape index (κ3) is 5.08. The second-order valence-electron chi connectivity index (χ2n) is 6.18. The minimum atomic E-state index is -0.0516. The first-order chi connectivity index (χ1) is 12.5. The summed E-state index contributed by atoms with van der Waals surface area (Å²) in [5.41, 5.74) is 2.37. The van der Waals surface area contributed by atoms with Gasteiger partial charge in [0.2, 0.25) is 5.91 Å². The molecule has 26 heavy (non-hydrogen) atoms. The number of nitrogens with zero attached hydrogens (tertiary/aromatic N) is 2. The lowest BCUT2D eigenvalue weighted by molar-refractivity contribution is -0.116. The van der Waals surface area contributed by atoms with Gasteiger partial charge in [-0.05, 0) is 43.4 Å². The van der Waals surface area contributed by atoms with Crippen molar-refractivity contribution in [1.82, 2.24) is 9.97 Å². The average molecular weight is 372 g/mol. The molecular formula is C20H25N3O2S. The summed E-state index contributed by atoms with van der Waals surface area (Å²) in [7, 11) is 1.64. The number of hydrogen-bond acceptors (Lipinski definition) is 5. The zero-order valence-corrected chi connectivity index (χ0v) is 16.7. The molecule has 138 valence electrons. The van der Waals surface area contributed by atoms with Gasteiger partial charge in [-0.25, -0.2) is 9.97 Å². The summed E-state index contributed by atoms with van der Waals surface area (Å²) < 4.78 is 5.20. The zero-order chi connectivity index (χ0) is 19.1. The van der Waals surface area contributed by atoms with Gasteiger partial charge in [0.1, 0.15) is 11.4 Å². The Bertz CT molecular complexity index is 786. The molecule has 0 spiro atoms. The second-order valence-corrected chi connectivity index (χ2v) is 7.03. The van der Waals surface area contributed by atoms with E-state index in [1.165, 1.54) is 0 Å². The quantitative estimate of drug-likeness (QED) is 0.753. The van der Waals surface area contributed by atoms with E-state index < -0.39 is 0 Å². The SMILES string of the molecule is C/C=C(\SC)c1nc(-c2ccc(OC)cc2)cnc1NC(=O)CC(C)C. The fourth-order valence-electron chi connectivity index (χ4n) is 2.46. The molecule has 0 saturated heterocycles. The van der Waals surface area contributed by atoms with Crippen molar-refractivity contribution in [1.29, 1.82) is 0 Å². The van der Waals surface area contributed by atoms with E-state index in [4.69, 9.17) is 9.72 Å². The number of anilines is 1. The molecule has 2 rings (SSSR count). The highest BCUT2D eigenvalue weighted by Crippen LogP contribution is 2.31. The molecule has 0 aliphatic heterocycles. The molecule has 0 aliphatic rings. The average Bonchev–Trinajstić information content (AvgIpc) is 2.63. The van der Waals surface area contributed by atoms with Gasteiger partial charge in [-0.1, -0.05) is 19.9 Å². The fourth-order valence-corrected chi connectivity index (χ4v) is 3.03. The molecule has 1 aromatic heterocycles. The number of rotatable bonds is 7. The molecule has 1 amide bonds. The standard InChI is InChI=1S/C20H25N3O2S/c1-6-17(26-5)19-20(23-18(24)11-13(2)3)21-12-16(22-19)14-7-9-15(25-4)10-8-14/h6-10,12-13H,11H2,1-5H3,(H,21,23,24)/b17-6-. The number of ether oxygens (including phenoxy) is 1. The van der Waals surface area contributed by atoms with Crippen LogP contribution in [0, 0.1) is 5.92 Å². The number of amides is 1. The van der Waals surface area contributed by atoms with Gasteiger partial charge < -0.3 is 10.1 Å². The highest BCUT2D eigenvalue weighted by Gasteiger charge is 2.15. The van der Waals surface area contributed by atoms with Gasteiger partial charge in [-0.2, -0.15) is 0 Å². The molecule has 5 nitrogen and oxygen atoms in total. The summed E-state index contributed by atoms with van der Waals surface area (Å²) in [5.74, 6) is 1.52. The van der Waals surface area contributed by atoms with Crippen LogP contribution in [0.15, 0.2) is 36.5 Å². The van der Waals surface area contributed by atoms with E-state index >= 15 is 0 Å². The van der Waals surface area contributed by atoms with E-state index in [9.17, 15) is 4.79 Å². The molecule has 0 unspecified atom stereocenters. The van der Waals surface area contributed by atoms with Crippen LogP contribution in [0.25, 0.3) is 16.2 Å². The smallest absolute Gasteiger partial charge is 0.225 e. The lowest BCUT2D eigenvalue weighted by Crippen LogP contribution is -2.16. The van der Waals surface area contributed by atoms with Crippen LogP contribution in [0.1, 0.15) is 32.9 Å². The van der Waals surface area contributed by atoms with Crippen molar-refractivity contribution in [3.63, 3.8) is 0 Å². The number of nitrogens with one attached hydrogen (secondary N) is 1. The Morgan fingerprint density at radius 1 is 1.31 bits per heavy atom. The highest BCUT2D eigenvalue weighted by molar-refractivity contribution is 8.07. The van der Waals surface area contributed by atoms with Crippen LogP contribution < -0.4 is 10.1 Å². The molecule has 0 radical (unpaired) electrons. The van der Waals surface area contributed by atoms with Gasteiger partial charge >= 0.3 is 0 Å². The predicted octanol–water partition coefficient (Wildman–Crippen LogP) is 4.86. The van der Waals surface area contributed by atoms with Gasteiger partial charge in [-0.15, -0.1) is 11.8 Å². The first kappa shape index (κ1) is 20.0. The summed E-state index contributed by atoms with van der Waals surface area (Å²) in [6.07, 6.45) is 6.09. The largest absolute Gasteiger partial charge is 0.497 e. The molecule has 0 saturated carbocycles. The Morgan fingerprint density at radius 3 is 2.54 bits per heavy atom. The van der Waals surface area contributed by atoms with Crippen LogP contribution in [0.2, 0.25) is 0 Å². The summed E-state index contributed by atoms with van der Waals surface area (Å²) in [6, 6.07) is 7.66. The van der Waals surface area contributed by atoms with E-state index in [1.807, 2.05) is 57.4 Å². The van der Waals surface area contributed by atoms with Gasteiger partial charge in [0, 0.05) is 16.9 Å². The summed E-state index contributed by atoms with van der Waals surface area (Å²) >= 11 is 1.58. The lowest BCUT2D eigenvalue weighted by atomic mass is 10.1. The van der Waals surface area contributed by atoms with Crippen molar-refractivity contribution in [2.75, 3.05) is 18.7 Å². The Balaban J connectivity index is 2.41. The maximum Gasteiger partial charge on any atom is 0.225 e. The van der Waals surface area contributed by atoms with E-state index in [1.54, 1.807) is 25.1 Å². The van der Waals surface area contributed by atoms with E-state index in [0.717, 1.165) is 21.9 Å². The van der Waals surface area contributed by atoms with E-state index in [2.05, 4.69) is 10.3 Å². The molecular weight excluding hydrogens is 346 g/mol. The molecule has 1 N–H and O–H groups in total.